The Labute approximate surface area is 362 Å². The molecule has 6 aliphatic rings. The SMILES string of the molecule is CNC(=O)c1ccc2c(n1)OCC1CN(CC3CC4(CCN(c5cc(OC)c(C6c7ccc(O)cc7CCC6c6ccccc6)cc5F)CC4)C3)CCN21.O=C1CCCC(=O)N1. The number of carbonyl (C=O) groups is 3. The predicted octanol–water partition coefficient (Wildman–Crippen LogP) is 6.55. The molecule has 10 rings (SSSR count). The number of aryl methyl sites for hydroxylation is 1. The number of pyridine rings is 1. The lowest BCUT2D eigenvalue weighted by molar-refractivity contribution is -0.132. The molecule has 0 bridgehead atoms. The van der Waals surface area contributed by atoms with Crippen LogP contribution in [0.15, 0.2) is 72.8 Å². The Bertz CT molecular complexity index is 2300. The van der Waals surface area contributed by atoms with E-state index in [4.69, 9.17) is 9.47 Å². The fourth-order valence-electron chi connectivity index (χ4n) is 11.2. The second-order valence-electron chi connectivity index (χ2n) is 18.1. The molecule has 3 aromatic carbocycles. The van der Waals surface area contributed by atoms with Crippen LogP contribution in [0, 0.1) is 17.2 Å². The molecule has 5 heterocycles. The molecule has 2 aliphatic carbocycles. The number of benzene rings is 3. The van der Waals surface area contributed by atoms with Gasteiger partial charge in [0.2, 0.25) is 17.7 Å². The number of phenolic OH excluding ortho intramolecular Hbond substituents is 1. The fourth-order valence-corrected chi connectivity index (χ4v) is 11.2. The molecule has 3 saturated heterocycles. The lowest BCUT2D eigenvalue weighted by Gasteiger charge is -2.54. The van der Waals surface area contributed by atoms with Gasteiger partial charge >= 0.3 is 0 Å². The van der Waals surface area contributed by atoms with E-state index in [1.54, 1.807) is 32.4 Å². The molecule has 1 aromatic heterocycles. The van der Waals surface area contributed by atoms with Crippen LogP contribution in [-0.4, -0.2) is 98.8 Å². The number of nitrogens with zero attached hydrogens (tertiary/aromatic N) is 4. The summed E-state index contributed by atoms with van der Waals surface area (Å²) in [5.74, 6) is 1.63. The zero-order chi connectivity index (χ0) is 43.0. The van der Waals surface area contributed by atoms with Crippen molar-refractivity contribution in [3.63, 3.8) is 0 Å². The van der Waals surface area contributed by atoms with Gasteiger partial charge in [-0.1, -0.05) is 36.4 Å². The van der Waals surface area contributed by atoms with Crippen molar-refractivity contribution in [1.82, 2.24) is 20.5 Å². The molecule has 13 heteroatoms. The molecule has 3 amide bonds. The predicted molar refractivity (Wildman–Crippen MR) is 235 cm³/mol. The minimum absolute atomic E-state index is 0.0864. The number of methoxy groups -OCH3 is 1. The van der Waals surface area contributed by atoms with Crippen molar-refractivity contribution in [2.75, 3.05) is 69.8 Å². The average Bonchev–Trinajstić information content (AvgIpc) is 3.28. The summed E-state index contributed by atoms with van der Waals surface area (Å²) >= 11 is 0. The first-order chi connectivity index (χ1) is 30.1. The number of anilines is 2. The molecular formula is C49H57FN6O6. The van der Waals surface area contributed by atoms with E-state index in [1.807, 2.05) is 30.3 Å². The van der Waals surface area contributed by atoms with Gasteiger partial charge in [0.1, 0.15) is 35.3 Å². The normalized spacial score (nSPS) is 23.0. The third-order valence-electron chi connectivity index (χ3n) is 14.3. The molecule has 4 fully saturated rings. The maximum Gasteiger partial charge on any atom is 0.269 e. The van der Waals surface area contributed by atoms with Crippen LogP contribution in [0.2, 0.25) is 0 Å². The van der Waals surface area contributed by atoms with E-state index in [0.717, 1.165) is 93.1 Å². The van der Waals surface area contributed by atoms with Crippen LogP contribution in [0.1, 0.15) is 95.9 Å². The zero-order valence-electron chi connectivity index (χ0n) is 35.7. The first-order valence-corrected chi connectivity index (χ1v) is 22.3. The Morgan fingerprint density at radius 2 is 1.73 bits per heavy atom. The maximum absolute atomic E-state index is 16.4. The highest BCUT2D eigenvalue weighted by Gasteiger charge is 2.47. The van der Waals surface area contributed by atoms with Crippen molar-refractivity contribution < 1.29 is 33.4 Å². The number of piperidine rings is 2. The van der Waals surface area contributed by atoms with Crippen molar-refractivity contribution in [2.24, 2.45) is 11.3 Å². The van der Waals surface area contributed by atoms with Crippen LogP contribution in [0.4, 0.5) is 15.8 Å². The second-order valence-corrected chi connectivity index (χ2v) is 18.1. The highest BCUT2D eigenvalue weighted by Crippen LogP contribution is 2.54. The van der Waals surface area contributed by atoms with E-state index in [9.17, 15) is 19.5 Å². The first kappa shape index (κ1) is 41.7. The fraction of sp³-hybridized carbons (Fsp3) is 0.469. The molecule has 4 aromatic rings. The lowest BCUT2D eigenvalue weighted by Crippen LogP contribution is -2.59. The first-order valence-electron chi connectivity index (χ1n) is 22.3. The lowest BCUT2D eigenvalue weighted by atomic mass is 9.57. The molecule has 326 valence electrons. The number of rotatable bonds is 7. The van der Waals surface area contributed by atoms with Gasteiger partial charge < -0.3 is 29.7 Å². The van der Waals surface area contributed by atoms with E-state index < -0.39 is 0 Å². The van der Waals surface area contributed by atoms with Gasteiger partial charge in [-0.2, -0.15) is 0 Å². The van der Waals surface area contributed by atoms with E-state index in [2.05, 4.69) is 54.6 Å². The highest BCUT2D eigenvalue weighted by molar-refractivity contribution is 5.97. The van der Waals surface area contributed by atoms with Crippen LogP contribution in [-0.2, 0) is 16.0 Å². The van der Waals surface area contributed by atoms with Crippen molar-refractivity contribution in [3.8, 4) is 17.4 Å². The topological polar surface area (TPSA) is 137 Å². The Morgan fingerprint density at radius 3 is 2.44 bits per heavy atom. The number of fused-ring (bicyclic) bond motifs is 4. The number of aromatic nitrogens is 1. The van der Waals surface area contributed by atoms with Gasteiger partial charge in [0.05, 0.1) is 18.8 Å². The van der Waals surface area contributed by atoms with Gasteiger partial charge in [-0.05, 0) is 109 Å². The molecular weight excluding hydrogens is 788 g/mol. The number of hydrogen-bond donors (Lipinski definition) is 3. The summed E-state index contributed by atoms with van der Waals surface area (Å²) in [5, 5.41) is 15.1. The Hall–Kier alpha value is -5.69. The van der Waals surface area contributed by atoms with Gasteiger partial charge in [-0.25, -0.2) is 9.37 Å². The third-order valence-corrected chi connectivity index (χ3v) is 14.3. The van der Waals surface area contributed by atoms with E-state index >= 15 is 4.39 Å². The smallest absolute Gasteiger partial charge is 0.269 e. The Morgan fingerprint density at radius 1 is 0.952 bits per heavy atom. The molecule has 3 atom stereocenters. The number of piperazine rings is 1. The number of aromatic hydroxyl groups is 1. The van der Waals surface area contributed by atoms with E-state index in [-0.39, 0.29) is 47.2 Å². The van der Waals surface area contributed by atoms with Crippen LogP contribution in [0.25, 0.3) is 0 Å². The number of ether oxygens (including phenoxy) is 2. The molecule has 3 unspecified atom stereocenters. The van der Waals surface area contributed by atoms with E-state index in [0.29, 0.717) is 54.5 Å². The van der Waals surface area contributed by atoms with Crippen LogP contribution >= 0.6 is 0 Å². The Kier molecular flexibility index (Phi) is 11.8. The molecule has 3 N–H and O–H groups in total. The number of halogens is 1. The van der Waals surface area contributed by atoms with Crippen molar-refractivity contribution >= 4 is 29.1 Å². The summed E-state index contributed by atoms with van der Waals surface area (Å²) in [6.45, 7) is 6.26. The third kappa shape index (κ3) is 8.43. The van der Waals surface area contributed by atoms with Gasteiger partial charge in [-0.3, -0.25) is 24.6 Å². The summed E-state index contributed by atoms with van der Waals surface area (Å²) in [5.41, 5.74) is 6.69. The quantitative estimate of drug-likeness (QED) is 0.176. The molecule has 1 spiro atoms. The minimum atomic E-state index is -0.207. The van der Waals surface area contributed by atoms with Gasteiger partial charge in [0.25, 0.3) is 5.91 Å². The molecule has 12 nitrogen and oxygen atoms in total. The van der Waals surface area contributed by atoms with Crippen LogP contribution < -0.4 is 29.9 Å². The minimum Gasteiger partial charge on any atom is -0.508 e. The highest BCUT2D eigenvalue weighted by atomic mass is 19.1. The Balaban J connectivity index is 0.000000553. The summed E-state index contributed by atoms with van der Waals surface area (Å²) in [6, 6.07) is 23.8. The van der Waals surface area contributed by atoms with Crippen molar-refractivity contribution in [3.05, 3.63) is 107 Å². The van der Waals surface area contributed by atoms with Crippen molar-refractivity contribution in [1.29, 1.82) is 0 Å². The van der Waals surface area contributed by atoms with Crippen LogP contribution in [0.5, 0.6) is 17.4 Å². The standard InChI is InChI=1S/C44H50FN5O4.C5H7NO2/c1-46-42(52)37-12-13-38-43(47-37)54-27-31-26-48(18-19-50(31)38)25-28-23-44(24-28)14-16-49(17-15-44)39-22-40(53-2)35(21-36(39)45)41-33(29-6-4-3-5-7-29)10-8-30-20-32(51)9-11-34(30)41;7-4-2-1-3-5(8)6-4/h3-7,9,11-13,20-22,28,31,33,41,51H,8,10,14-19,23-27H2,1-2H3,(H,46,52);1-3H2,(H,6,7,8). The molecule has 4 aliphatic heterocycles. The summed E-state index contributed by atoms with van der Waals surface area (Å²) in [6.07, 6.45) is 8.12. The number of nitrogens with one attached hydrogen (secondary N) is 2. The monoisotopic (exact) mass is 844 g/mol. The number of phenols is 1. The maximum atomic E-state index is 16.4. The second kappa shape index (κ2) is 17.6. The molecule has 62 heavy (non-hydrogen) atoms. The summed E-state index contributed by atoms with van der Waals surface area (Å²) in [4.78, 5) is 44.4. The van der Waals surface area contributed by atoms with Gasteiger partial charge in [0, 0.05) is 76.7 Å². The summed E-state index contributed by atoms with van der Waals surface area (Å²) < 4.78 is 28.5. The number of amides is 3. The van der Waals surface area contributed by atoms with Gasteiger partial charge in [-0.15, -0.1) is 0 Å². The molecule has 0 radical (unpaired) electrons. The summed E-state index contributed by atoms with van der Waals surface area (Å²) in [7, 11) is 3.30. The largest absolute Gasteiger partial charge is 0.508 e. The average molecular weight is 845 g/mol. The van der Waals surface area contributed by atoms with Gasteiger partial charge in [0.15, 0.2) is 0 Å². The number of hydrogen-bond acceptors (Lipinski definition) is 10. The van der Waals surface area contributed by atoms with E-state index in [1.165, 1.54) is 18.4 Å². The zero-order valence-corrected chi connectivity index (χ0v) is 35.7. The number of imide groups is 1. The van der Waals surface area contributed by atoms with Crippen molar-refractivity contribution in [2.45, 2.75) is 75.7 Å². The molecule has 1 saturated carbocycles. The number of carbonyl (C=O) groups excluding carboxylic acids is 3. The van der Waals surface area contributed by atoms with Crippen LogP contribution in [0.3, 0.4) is 0 Å².